The van der Waals surface area contributed by atoms with E-state index in [4.69, 9.17) is 4.74 Å². The Bertz CT molecular complexity index is 490. The number of rotatable bonds is 3. The molecule has 0 aliphatic carbocycles. The maximum absolute atomic E-state index is 5.85. The Morgan fingerprint density at radius 3 is 3.00 bits per heavy atom. The first-order valence-electron chi connectivity index (χ1n) is 6.99. The highest BCUT2D eigenvalue weighted by Gasteiger charge is 2.13. The second-order valence-corrected chi connectivity index (χ2v) is 5.03. The topological polar surface area (TPSA) is 37.7 Å². The van der Waals surface area contributed by atoms with Crippen LogP contribution in [0, 0.1) is 0 Å². The van der Waals surface area contributed by atoms with E-state index in [2.05, 4.69) is 14.9 Å². The summed E-state index contributed by atoms with van der Waals surface area (Å²) in [5, 5.41) is 0. The van der Waals surface area contributed by atoms with E-state index in [1.54, 1.807) is 12.4 Å². The van der Waals surface area contributed by atoms with Crippen LogP contribution in [0.3, 0.4) is 0 Å². The van der Waals surface area contributed by atoms with Crippen LogP contribution in [0.2, 0.25) is 0 Å². The summed E-state index contributed by atoms with van der Waals surface area (Å²) in [6, 6.07) is 3.86. The number of ether oxygens (including phenoxy) is 1. The van der Waals surface area contributed by atoms with Crippen LogP contribution in [0.4, 0.5) is 0 Å². The maximum Gasteiger partial charge on any atom is 0.227 e. The lowest BCUT2D eigenvalue weighted by molar-refractivity contribution is 0.221. The van der Waals surface area contributed by atoms with E-state index in [9.17, 15) is 0 Å². The molecule has 2 aliphatic heterocycles. The Kier molecular flexibility index (Phi) is 3.89. The fourth-order valence-corrected chi connectivity index (χ4v) is 2.50. The molecule has 4 heteroatoms. The van der Waals surface area contributed by atoms with Gasteiger partial charge < -0.3 is 9.64 Å². The molecule has 0 atom stereocenters. The van der Waals surface area contributed by atoms with Gasteiger partial charge in [-0.2, -0.15) is 0 Å². The molecule has 0 N–H and O–H groups in total. The molecule has 4 nitrogen and oxygen atoms in total. The van der Waals surface area contributed by atoms with Gasteiger partial charge in [-0.15, -0.1) is 0 Å². The lowest BCUT2D eigenvalue weighted by Gasteiger charge is -2.26. The third-order valence-corrected chi connectivity index (χ3v) is 3.58. The van der Waals surface area contributed by atoms with Gasteiger partial charge in [0.25, 0.3) is 0 Å². The molecule has 0 aromatic carbocycles. The van der Waals surface area contributed by atoms with Crippen molar-refractivity contribution in [2.75, 3.05) is 19.6 Å². The van der Waals surface area contributed by atoms with Crippen LogP contribution in [-0.4, -0.2) is 35.7 Å². The molecule has 1 aromatic heterocycles. The summed E-state index contributed by atoms with van der Waals surface area (Å²) in [4.78, 5) is 11.0. The van der Waals surface area contributed by atoms with Crippen LogP contribution in [0.5, 0.6) is 5.88 Å². The number of fused-ring (bicyclic) bond motifs is 1. The average molecular weight is 257 g/mol. The third kappa shape index (κ3) is 3.20. The molecule has 0 amide bonds. The highest BCUT2D eigenvalue weighted by atomic mass is 16.5. The fourth-order valence-electron chi connectivity index (χ4n) is 2.50. The highest BCUT2D eigenvalue weighted by molar-refractivity contribution is 5.83. The summed E-state index contributed by atoms with van der Waals surface area (Å²) in [6.07, 6.45) is 10.3. The lowest BCUT2D eigenvalue weighted by atomic mass is 10.1. The second kappa shape index (κ2) is 5.97. The van der Waals surface area contributed by atoms with Crippen molar-refractivity contribution in [3.8, 4) is 5.88 Å². The largest absolute Gasteiger partial charge is 0.441 e. The molecule has 1 aromatic rings. The van der Waals surface area contributed by atoms with Crippen molar-refractivity contribution >= 4 is 6.21 Å². The number of aliphatic imine (C=N–C) groups is 1. The van der Waals surface area contributed by atoms with Gasteiger partial charge in [-0.05, 0) is 38.1 Å². The van der Waals surface area contributed by atoms with Gasteiger partial charge in [-0.3, -0.25) is 4.99 Å². The Labute approximate surface area is 113 Å². The molecular weight excluding hydrogens is 238 g/mol. The van der Waals surface area contributed by atoms with Gasteiger partial charge in [0.05, 0.1) is 11.8 Å². The van der Waals surface area contributed by atoms with Crippen molar-refractivity contribution in [2.24, 2.45) is 4.99 Å². The normalized spacial score (nSPS) is 19.3. The number of aromatic nitrogens is 1. The molecule has 3 heterocycles. The number of piperidine rings is 1. The van der Waals surface area contributed by atoms with Crippen LogP contribution in [0.15, 0.2) is 35.3 Å². The minimum Gasteiger partial charge on any atom is -0.441 e. The Morgan fingerprint density at radius 2 is 2.11 bits per heavy atom. The first-order chi connectivity index (χ1) is 9.42. The predicted molar refractivity (Wildman–Crippen MR) is 75.5 cm³/mol. The van der Waals surface area contributed by atoms with Crippen LogP contribution in [-0.2, 0) is 0 Å². The molecule has 1 fully saturated rings. The number of hydrogen-bond acceptors (Lipinski definition) is 4. The van der Waals surface area contributed by atoms with E-state index in [-0.39, 0.29) is 0 Å². The van der Waals surface area contributed by atoms with Crippen LogP contribution in [0.1, 0.15) is 31.2 Å². The molecule has 0 bridgehead atoms. The average Bonchev–Trinajstić information content (AvgIpc) is 2.68. The fraction of sp³-hybridized carbons (Fsp3) is 0.467. The van der Waals surface area contributed by atoms with Gasteiger partial charge in [-0.1, -0.05) is 6.42 Å². The number of pyridine rings is 1. The van der Waals surface area contributed by atoms with Crippen molar-refractivity contribution < 1.29 is 4.74 Å². The van der Waals surface area contributed by atoms with E-state index in [1.807, 2.05) is 18.3 Å². The Balaban J connectivity index is 1.60. The smallest absolute Gasteiger partial charge is 0.227 e. The van der Waals surface area contributed by atoms with Gasteiger partial charge in [-0.25, -0.2) is 4.98 Å². The molecule has 0 unspecified atom stereocenters. The summed E-state index contributed by atoms with van der Waals surface area (Å²) in [6.45, 7) is 3.47. The van der Waals surface area contributed by atoms with Gasteiger partial charge >= 0.3 is 0 Å². The number of hydrogen-bond donors (Lipinski definition) is 0. The van der Waals surface area contributed by atoms with Gasteiger partial charge in [0, 0.05) is 25.4 Å². The minimum absolute atomic E-state index is 0.661. The van der Waals surface area contributed by atoms with E-state index < -0.39 is 0 Å². The number of nitrogens with zero attached hydrogens (tertiary/aromatic N) is 3. The van der Waals surface area contributed by atoms with Crippen molar-refractivity contribution in [1.29, 1.82) is 0 Å². The molecular formula is C15H19N3O. The summed E-state index contributed by atoms with van der Waals surface area (Å²) >= 11 is 0. The first kappa shape index (κ1) is 12.4. The number of likely N-dealkylation sites (tertiary alicyclic amines) is 1. The van der Waals surface area contributed by atoms with E-state index in [1.165, 1.54) is 32.4 Å². The summed E-state index contributed by atoms with van der Waals surface area (Å²) < 4.78 is 5.85. The van der Waals surface area contributed by atoms with E-state index in [0.29, 0.717) is 5.88 Å². The molecule has 0 saturated carbocycles. The maximum atomic E-state index is 5.85. The molecule has 2 aliphatic rings. The minimum atomic E-state index is 0.661. The molecule has 0 spiro atoms. The lowest BCUT2D eigenvalue weighted by Crippen LogP contribution is -2.31. The SMILES string of the molecule is C1=NC=C(CCN2CCCCC2)Oc2ncccc21. The van der Waals surface area contributed by atoms with Crippen molar-refractivity contribution in [3.05, 3.63) is 35.9 Å². The highest BCUT2D eigenvalue weighted by Crippen LogP contribution is 2.20. The first-order valence-corrected chi connectivity index (χ1v) is 6.99. The summed E-state index contributed by atoms with van der Waals surface area (Å²) in [7, 11) is 0. The zero-order valence-corrected chi connectivity index (χ0v) is 11.1. The zero-order chi connectivity index (χ0) is 12.9. The van der Waals surface area contributed by atoms with Crippen LogP contribution >= 0.6 is 0 Å². The van der Waals surface area contributed by atoms with Crippen molar-refractivity contribution in [1.82, 2.24) is 9.88 Å². The Morgan fingerprint density at radius 1 is 1.21 bits per heavy atom. The van der Waals surface area contributed by atoms with Crippen LogP contribution < -0.4 is 4.74 Å². The van der Waals surface area contributed by atoms with Gasteiger partial charge in [0.1, 0.15) is 5.76 Å². The molecule has 0 radical (unpaired) electrons. The van der Waals surface area contributed by atoms with Crippen molar-refractivity contribution in [2.45, 2.75) is 25.7 Å². The van der Waals surface area contributed by atoms with E-state index >= 15 is 0 Å². The van der Waals surface area contributed by atoms with Gasteiger partial charge in [0.15, 0.2) is 0 Å². The zero-order valence-electron chi connectivity index (χ0n) is 11.1. The quantitative estimate of drug-likeness (QED) is 0.835. The predicted octanol–water partition coefficient (Wildman–Crippen LogP) is 2.61. The molecule has 100 valence electrons. The standard InChI is InChI=1S/C15H19N3O/c1-2-8-18(9-3-1)10-6-14-12-16-11-13-5-4-7-17-15(13)19-14/h4-5,7,11-12H,1-3,6,8-10H2. The molecule has 3 rings (SSSR count). The summed E-state index contributed by atoms with van der Waals surface area (Å²) in [5.41, 5.74) is 0.937. The van der Waals surface area contributed by atoms with Crippen LogP contribution in [0.25, 0.3) is 0 Å². The second-order valence-electron chi connectivity index (χ2n) is 5.03. The molecule has 19 heavy (non-hydrogen) atoms. The Hall–Kier alpha value is -1.68. The monoisotopic (exact) mass is 257 g/mol. The van der Waals surface area contributed by atoms with Gasteiger partial charge in [0.2, 0.25) is 5.88 Å². The third-order valence-electron chi connectivity index (χ3n) is 3.58. The van der Waals surface area contributed by atoms with Crippen molar-refractivity contribution in [3.63, 3.8) is 0 Å². The van der Waals surface area contributed by atoms with E-state index in [0.717, 1.165) is 24.3 Å². The molecule has 1 saturated heterocycles. The summed E-state index contributed by atoms with van der Waals surface area (Å²) in [5.74, 6) is 1.56.